The lowest BCUT2D eigenvalue weighted by atomic mass is 10.1. The molecule has 0 aliphatic rings. The molecular formula is C14H12FNO2. The molecule has 92 valence electrons. The highest BCUT2D eigenvalue weighted by molar-refractivity contribution is 5.82. The Morgan fingerprint density at radius 3 is 2.94 bits per heavy atom. The number of rotatable bonds is 4. The van der Waals surface area contributed by atoms with Crippen molar-refractivity contribution in [3.63, 3.8) is 0 Å². The molecule has 4 heteroatoms. The number of halogens is 1. The van der Waals surface area contributed by atoms with E-state index in [0.29, 0.717) is 12.2 Å². The van der Waals surface area contributed by atoms with Gasteiger partial charge >= 0.3 is 5.97 Å². The Morgan fingerprint density at radius 2 is 2.28 bits per heavy atom. The normalized spacial score (nSPS) is 10.7. The molecule has 0 unspecified atom stereocenters. The molecular weight excluding hydrogens is 233 g/mol. The number of hydrogen-bond acceptors (Lipinski definition) is 3. The molecule has 0 heterocycles. The van der Waals surface area contributed by atoms with Gasteiger partial charge in [-0.2, -0.15) is 5.26 Å². The van der Waals surface area contributed by atoms with Crippen LogP contribution in [0, 0.1) is 17.1 Å². The van der Waals surface area contributed by atoms with Crippen molar-refractivity contribution >= 4 is 12.0 Å². The van der Waals surface area contributed by atoms with E-state index in [2.05, 4.69) is 0 Å². The maximum absolute atomic E-state index is 13.0. The summed E-state index contributed by atoms with van der Waals surface area (Å²) in [6, 6.07) is 5.97. The van der Waals surface area contributed by atoms with E-state index in [1.165, 1.54) is 24.3 Å². The van der Waals surface area contributed by atoms with Crippen LogP contribution < -0.4 is 0 Å². The van der Waals surface area contributed by atoms with Gasteiger partial charge in [0.1, 0.15) is 11.9 Å². The molecule has 1 aromatic carbocycles. The zero-order valence-electron chi connectivity index (χ0n) is 9.89. The number of ether oxygens (including phenoxy) is 1. The van der Waals surface area contributed by atoms with E-state index in [1.54, 1.807) is 31.2 Å². The second-order valence-electron chi connectivity index (χ2n) is 3.32. The largest absolute Gasteiger partial charge is 0.463 e. The third kappa shape index (κ3) is 4.22. The SMILES string of the molecule is CCOC(=O)C=CC=Cc1ccc(F)c(C#N)c1. The van der Waals surface area contributed by atoms with Gasteiger partial charge in [0.25, 0.3) is 0 Å². The van der Waals surface area contributed by atoms with Crippen LogP contribution in [-0.4, -0.2) is 12.6 Å². The fourth-order valence-corrected chi connectivity index (χ4v) is 1.22. The maximum Gasteiger partial charge on any atom is 0.330 e. The second kappa shape index (κ2) is 7.02. The fraction of sp³-hybridized carbons (Fsp3) is 0.143. The number of carbonyl (C=O) groups excluding carboxylic acids is 1. The topological polar surface area (TPSA) is 50.1 Å². The number of carbonyl (C=O) groups is 1. The van der Waals surface area contributed by atoms with Gasteiger partial charge < -0.3 is 4.74 Å². The van der Waals surface area contributed by atoms with Crippen LogP contribution in [0.25, 0.3) is 6.08 Å². The monoisotopic (exact) mass is 245 g/mol. The molecule has 0 amide bonds. The molecule has 1 rings (SSSR count). The summed E-state index contributed by atoms with van der Waals surface area (Å²) in [5, 5.41) is 8.66. The number of nitriles is 1. The summed E-state index contributed by atoms with van der Waals surface area (Å²) in [4.78, 5) is 11.0. The zero-order chi connectivity index (χ0) is 13.4. The highest BCUT2D eigenvalue weighted by atomic mass is 19.1. The number of esters is 1. The average molecular weight is 245 g/mol. The first-order valence-electron chi connectivity index (χ1n) is 5.38. The van der Waals surface area contributed by atoms with E-state index in [1.807, 2.05) is 0 Å². The number of allylic oxidation sites excluding steroid dienone is 2. The van der Waals surface area contributed by atoms with Crippen molar-refractivity contribution in [2.75, 3.05) is 6.61 Å². The quantitative estimate of drug-likeness (QED) is 0.465. The van der Waals surface area contributed by atoms with Crippen molar-refractivity contribution in [1.29, 1.82) is 5.26 Å². The molecule has 0 saturated heterocycles. The van der Waals surface area contributed by atoms with Crippen LogP contribution in [0.3, 0.4) is 0 Å². The molecule has 18 heavy (non-hydrogen) atoms. The van der Waals surface area contributed by atoms with E-state index in [4.69, 9.17) is 10.00 Å². The van der Waals surface area contributed by atoms with Gasteiger partial charge in [0.2, 0.25) is 0 Å². The Kier molecular flexibility index (Phi) is 5.33. The van der Waals surface area contributed by atoms with Crippen molar-refractivity contribution in [2.24, 2.45) is 0 Å². The summed E-state index contributed by atoms with van der Waals surface area (Å²) in [6.45, 7) is 2.06. The van der Waals surface area contributed by atoms with Gasteiger partial charge in [-0.15, -0.1) is 0 Å². The van der Waals surface area contributed by atoms with Crippen molar-refractivity contribution in [2.45, 2.75) is 6.92 Å². The van der Waals surface area contributed by atoms with Crippen molar-refractivity contribution in [3.05, 3.63) is 53.4 Å². The fourth-order valence-electron chi connectivity index (χ4n) is 1.22. The van der Waals surface area contributed by atoms with Crippen molar-refractivity contribution in [3.8, 4) is 6.07 Å². The molecule has 1 aromatic rings. The number of hydrogen-bond donors (Lipinski definition) is 0. The summed E-state index contributed by atoms with van der Waals surface area (Å²) in [6.07, 6.45) is 6.09. The molecule has 0 radical (unpaired) electrons. The molecule has 0 spiro atoms. The molecule has 0 aliphatic carbocycles. The molecule has 0 fully saturated rings. The lowest BCUT2D eigenvalue weighted by molar-refractivity contribution is -0.137. The van der Waals surface area contributed by atoms with Crippen LogP contribution >= 0.6 is 0 Å². The van der Waals surface area contributed by atoms with E-state index in [0.717, 1.165) is 0 Å². The highest BCUT2D eigenvalue weighted by Gasteiger charge is 1.99. The van der Waals surface area contributed by atoms with Crippen LogP contribution in [-0.2, 0) is 9.53 Å². The smallest absolute Gasteiger partial charge is 0.330 e. The summed E-state index contributed by atoms with van der Waals surface area (Å²) in [7, 11) is 0. The minimum absolute atomic E-state index is 0.00785. The summed E-state index contributed by atoms with van der Waals surface area (Å²) < 4.78 is 17.7. The third-order valence-electron chi connectivity index (χ3n) is 2.03. The maximum atomic E-state index is 13.0. The molecule has 3 nitrogen and oxygen atoms in total. The van der Waals surface area contributed by atoms with Crippen LogP contribution in [0.2, 0.25) is 0 Å². The molecule has 0 saturated carbocycles. The Morgan fingerprint density at radius 1 is 1.50 bits per heavy atom. The molecule has 0 aromatic heterocycles. The van der Waals surface area contributed by atoms with Gasteiger partial charge in [-0.25, -0.2) is 9.18 Å². The minimum Gasteiger partial charge on any atom is -0.463 e. The number of nitrogens with zero attached hydrogens (tertiary/aromatic N) is 1. The molecule has 0 bridgehead atoms. The van der Waals surface area contributed by atoms with Crippen molar-refractivity contribution < 1.29 is 13.9 Å². The van der Waals surface area contributed by atoms with Crippen molar-refractivity contribution in [1.82, 2.24) is 0 Å². The Labute approximate surface area is 105 Å². The van der Waals surface area contributed by atoms with Gasteiger partial charge in [-0.3, -0.25) is 0 Å². The Balaban J connectivity index is 2.68. The third-order valence-corrected chi connectivity index (χ3v) is 2.03. The average Bonchev–Trinajstić information content (AvgIpc) is 2.37. The van der Waals surface area contributed by atoms with Gasteiger partial charge in [-0.05, 0) is 24.6 Å². The van der Waals surface area contributed by atoms with Crippen LogP contribution in [0.15, 0.2) is 36.4 Å². The summed E-state index contributed by atoms with van der Waals surface area (Å²) in [5.74, 6) is -0.962. The first-order valence-corrected chi connectivity index (χ1v) is 5.38. The van der Waals surface area contributed by atoms with Gasteiger partial charge in [0, 0.05) is 6.08 Å². The predicted octanol–water partition coefficient (Wildman–Crippen LogP) is 2.83. The van der Waals surface area contributed by atoms with E-state index in [-0.39, 0.29) is 5.56 Å². The van der Waals surface area contributed by atoms with Gasteiger partial charge in [0.15, 0.2) is 0 Å². The number of benzene rings is 1. The first-order chi connectivity index (χ1) is 8.67. The zero-order valence-corrected chi connectivity index (χ0v) is 9.89. The van der Waals surface area contributed by atoms with Crippen LogP contribution in [0.1, 0.15) is 18.1 Å². The van der Waals surface area contributed by atoms with Gasteiger partial charge in [-0.1, -0.05) is 24.3 Å². The van der Waals surface area contributed by atoms with Crippen LogP contribution in [0.5, 0.6) is 0 Å². The molecule has 0 aliphatic heterocycles. The Bertz CT molecular complexity index is 527. The molecule has 0 N–H and O–H groups in total. The lowest BCUT2D eigenvalue weighted by Crippen LogP contribution is -1.98. The van der Waals surface area contributed by atoms with Crippen LogP contribution in [0.4, 0.5) is 4.39 Å². The summed E-state index contributed by atoms with van der Waals surface area (Å²) >= 11 is 0. The summed E-state index contributed by atoms with van der Waals surface area (Å²) in [5.41, 5.74) is 0.674. The van der Waals surface area contributed by atoms with E-state index in [9.17, 15) is 9.18 Å². The first kappa shape index (κ1) is 13.7. The van der Waals surface area contributed by atoms with Gasteiger partial charge in [0.05, 0.1) is 12.2 Å². The lowest BCUT2D eigenvalue weighted by Gasteiger charge is -1.95. The highest BCUT2D eigenvalue weighted by Crippen LogP contribution is 2.10. The second-order valence-corrected chi connectivity index (χ2v) is 3.32. The predicted molar refractivity (Wildman–Crippen MR) is 65.9 cm³/mol. The Hall–Kier alpha value is -2.41. The molecule has 0 atom stereocenters. The van der Waals surface area contributed by atoms with E-state index < -0.39 is 11.8 Å². The van der Waals surface area contributed by atoms with E-state index >= 15 is 0 Å². The minimum atomic E-state index is -0.545. The standard InChI is InChI=1S/C14H12FNO2/c1-2-18-14(17)6-4-3-5-11-7-8-13(15)12(9-11)10-16/h3-9H,2H2,1H3.